The van der Waals surface area contributed by atoms with E-state index in [1.165, 1.54) is 36.8 Å². The number of rotatable bonds is 6. The monoisotopic (exact) mass is 419 g/mol. The van der Waals surface area contributed by atoms with Crippen molar-refractivity contribution >= 4 is 5.91 Å². The maximum absolute atomic E-state index is 12.8. The second kappa shape index (κ2) is 8.71. The van der Waals surface area contributed by atoms with Gasteiger partial charge >= 0.3 is 0 Å². The Hall–Kier alpha value is -2.86. The highest BCUT2D eigenvalue weighted by Crippen LogP contribution is 2.29. The first-order chi connectivity index (χ1) is 15.2. The summed E-state index contributed by atoms with van der Waals surface area (Å²) in [7, 11) is 0. The average Bonchev–Trinajstić information content (AvgIpc) is 3.56. The lowest BCUT2D eigenvalue weighted by Crippen LogP contribution is -2.36. The van der Waals surface area contributed by atoms with Crippen molar-refractivity contribution in [2.75, 3.05) is 19.6 Å². The molecule has 1 aromatic carbocycles. The molecule has 6 heteroatoms. The number of carbonyl (C=O) groups excluding carboxylic acids is 1. The van der Waals surface area contributed by atoms with Crippen LogP contribution in [0.1, 0.15) is 64.9 Å². The Morgan fingerprint density at radius 1 is 1.06 bits per heavy atom. The van der Waals surface area contributed by atoms with Crippen LogP contribution in [-0.4, -0.2) is 35.6 Å². The van der Waals surface area contributed by atoms with E-state index in [2.05, 4.69) is 33.6 Å². The number of fused-ring (bicyclic) bond motifs is 1. The summed E-state index contributed by atoms with van der Waals surface area (Å²) in [5, 5.41) is 7.07. The molecule has 1 aliphatic heterocycles. The van der Waals surface area contributed by atoms with Gasteiger partial charge in [0.15, 0.2) is 11.5 Å². The summed E-state index contributed by atoms with van der Waals surface area (Å²) in [6.07, 6.45) is 7.10. The van der Waals surface area contributed by atoms with Gasteiger partial charge in [0.05, 0.1) is 6.04 Å². The van der Waals surface area contributed by atoms with Gasteiger partial charge in [-0.05, 0) is 87.9 Å². The first-order valence-electron chi connectivity index (χ1n) is 11.3. The van der Waals surface area contributed by atoms with Gasteiger partial charge in [-0.25, -0.2) is 0 Å². The fourth-order valence-electron chi connectivity index (χ4n) is 4.78. The van der Waals surface area contributed by atoms with Crippen LogP contribution >= 0.6 is 0 Å². The SMILES string of the molecule is Cc1ccc([C@@H](CNC(=O)c2cc(-c3ccc4c(c3)CCCC4)on2)N2CCCC2)o1. The molecule has 31 heavy (non-hydrogen) atoms. The minimum atomic E-state index is -0.222. The second-order valence-electron chi connectivity index (χ2n) is 8.68. The number of furan rings is 1. The number of benzene rings is 1. The quantitative estimate of drug-likeness (QED) is 0.628. The topological polar surface area (TPSA) is 71.5 Å². The Balaban J connectivity index is 1.28. The van der Waals surface area contributed by atoms with Crippen LogP contribution in [0.5, 0.6) is 0 Å². The lowest BCUT2D eigenvalue weighted by Gasteiger charge is -2.25. The van der Waals surface area contributed by atoms with Crippen molar-refractivity contribution < 1.29 is 13.7 Å². The number of hydrogen-bond acceptors (Lipinski definition) is 5. The van der Waals surface area contributed by atoms with Crippen molar-refractivity contribution in [1.82, 2.24) is 15.4 Å². The van der Waals surface area contributed by atoms with E-state index >= 15 is 0 Å². The van der Waals surface area contributed by atoms with Crippen molar-refractivity contribution in [2.45, 2.75) is 51.5 Å². The van der Waals surface area contributed by atoms with Gasteiger partial charge in [-0.3, -0.25) is 9.69 Å². The Morgan fingerprint density at radius 2 is 1.87 bits per heavy atom. The Bertz CT molecular complexity index is 1060. The fraction of sp³-hybridized carbons (Fsp3) is 0.440. The minimum Gasteiger partial charge on any atom is -0.465 e. The number of hydrogen-bond donors (Lipinski definition) is 1. The van der Waals surface area contributed by atoms with Gasteiger partial charge in [-0.15, -0.1) is 0 Å². The summed E-state index contributed by atoms with van der Waals surface area (Å²) >= 11 is 0. The summed E-state index contributed by atoms with van der Waals surface area (Å²) in [6, 6.07) is 12.2. The third-order valence-corrected chi connectivity index (χ3v) is 6.50. The Labute approximate surface area is 182 Å². The molecule has 6 nitrogen and oxygen atoms in total. The molecule has 0 saturated carbocycles. The molecule has 1 N–H and O–H groups in total. The van der Waals surface area contributed by atoms with Gasteiger partial charge < -0.3 is 14.3 Å². The van der Waals surface area contributed by atoms with Crippen molar-refractivity contribution in [3.8, 4) is 11.3 Å². The molecule has 1 aliphatic carbocycles. The van der Waals surface area contributed by atoms with E-state index in [-0.39, 0.29) is 11.9 Å². The van der Waals surface area contributed by atoms with Crippen LogP contribution in [0.3, 0.4) is 0 Å². The van der Waals surface area contributed by atoms with Crippen molar-refractivity contribution in [3.63, 3.8) is 0 Å². The summed E-state index contributed by atoms with van der Waals surface area (Å²) in [5.41, 5.74) is 4.10. The smallest absolute Gasteiger partial charge is 0.273 e. The molecule has 162 valence electrons. The maximum atomic E-state index is 12.8. The molecule has 1 saturated heterocycles. The highest BCUT2D eigenvalue weighted by molar-refractivity contribution is 5.93. The Morgan fingerprint density at radius 3 is 2.65 bits per heavy atom. The molecule has 1 amide bonds. The Kier molecular flexibility index (Phi) is 5.64. The van der Waals surface area contributed by atoms with Gasteiger partial charge in [0.2, 0.25) is 0 Å². The molecule has 1 atom stereocenters. The summed E-state index contributed by atoms with van der Waals surface area (Å²) in [5.74, 6) is 2.20. The van der Waals surface area contributed by atoms with E-state index in [0.29, 0.717) is 18.0 Å². The molecule has 0 bridgehead atoms. The lowest BCUT2D eigenvalue weighted by molar-refractivity contribution is 0.0924. The number of amides is 1. The standard InChI is InChI=1S/C25H29N3O3/c1-17-8-11-23(30-17)22(28-12-4-5-13-28)16-26-25(29)21-15-24(31-27-21)20-10-9-18-6-2-3-7-19(18)14-20/h8-11,14-15,22H,2-7,12-13,16H2,1H3,(H,26,29)/t22-/m1/s1. The molecule has 2 aliphatic rings. The van der Waals surface area contributed by atoms with Crippen LogP contribution in [-0.2, 0) is 12.8 Å². The molecule has 3 aromatic rings. The largest absolute Gasteiger partial charge is 0.465 e. The molecular weight excluding hydrogens is 390 g/mol. The third-order valence-electron chi connectivity index (χ3n) is 6.50. The molecule has 5 rings (SSSR count). The van der Waals surface area contributed by atoms with Crippen LogP contribution in [0.2, 0.25) is 0 Å². The van der Waals surface area contributed by atoms with Gasteiger partial charge in [-0.1, -0.05) is 17.3 Å². The summed E-state index contributed by atoms with van der Waals surface area (Å²) in [6.45, 7) is 4.47. The number of aromatic nitrogens is 1. The third kappa shape index (κ3) is 4.30. The first kappa shape index (κ1) is 20.1. The van der Waals surface area contributed by atoms with E-state index < -0.39 is 0 Å². The van der Waals surface area contributed by atoms with Crippen molar-refractivity contribution in [3.05, 3.63) is 64.7 Å². The van der Waals surface area contributed by atoms with Gasteiger partial charge in [-0.2, -0.15) is 0 Å². The zero-order valence-electron chi connectivity index (χ0n) is 18.0. The van der Waals surface area contributed by atoms with Gasteiger partial charge in [0.25, 0.3) is 5.91 Å². The molecular formula is C25H29N3O3. The molecule has 3 heterocycles. The van der Waals surface area contributed by atoms with E-state index in [1.54, 1.807) is 6.07 Å². The van der Waals surface area contributed by atoms with E-state index in [1.807, 2.05) is 19.1 Å². The van der Waals surface area contributed by atoms with Crippen LogP contribution < -0.4 is 5.32 Å². The number of nitrogens with one attached hydrogen (secondary N) is 1. The highest BCUT2D eigenvalue weighted by atomic mass is 16.5. The van der Waals surface area contributed by atoms with Gasteiger partial charge in [0, 0.05) is 18.2 Å². The van der Waals surface area contributed by atoms with Crippen LogP contribution in [0, 0.1) is 6.92 Å². The van der Waals surface area contributed by atoms with E-state index in [0.717, 1.165) is 43.0 Å². The normalized spacial score (nSPS) is 17.5. The van der Waals surface area contributed by atoms with Crippen LogP contribution in [0.4, 0.5) is 0 Å². The van der Waals surface area contributed by atoms with E-state index in [4.69, 9.17) is 8.94 Å². The van der Waals surface area contributed by atoms with Crippen LogP contribution in [0.25, 0.3) is 11.3 Å². The number of likely N-dealkylation sites (tertiary alicyclic amines) is 1. The minimum absolute atomic E-state index is 0.0344. The number of aryl methyl sites for hydroxylation is 3. The fourth-order valence-corrected chi connectivity index (χ4v) is 4.78. The van der Waals surface area contributed by atoms with Crippen molar-refractivity contribution in [1.29, 1.82) is 0 Å². The molecule has 0 unspecified atom stereocenters. The molecule has 0 radical (unpaired) electrons. The highest BCUT2D eigenvalue weighted by Gasteiger charge is 2.27. The molecule has 0 spiro atoms. The average molecular weight is 420 g/mol. The molecule has 2 aromatic heterocycles. The lowest BCUT2D eigenvalue weighted by atomic mass is 9.90. The first-order valence-corrected chi connectivity index (χ1v) is 11.3. The predicted octanol–water partition coefficient (Wildman–Crippen LogP) is 4.69. The number of nitrogens with zero attached hydrogens (tertiary/aromatic N) is 2. The maximum Gasteiger partial charge on any atom is 0.273 e. The second-order valence-corrected chi connectivity index (χ2v) is 8.68. The zero-order valence-corrected chi connectivity index (χ0v) is 18.0. The zero-order chi connectivity index (χ0) is 21.2. The van der Waals surface area contributed by atoms with Gasteiger partial charge in [0.1, 0.15) is 11.5 Å². The van der Waals surface area contributed by atoms with Crippen molar-refractivity contribution in [2.24, 2.45) is 0 Å². The summed E-state index contributed by atoms with van der Waals surface area (Å²) in [4.78, 5) is 15.2. The predicted molar refractivity (Wildman–Crippen MR) is 118 cm³/mol. The molecule has 1 fully saturated rings. The summed E-state index contributed by atoms with van der Waals surface area (Å²) < 4.78 is 11.4. The van der Waals surface area contributed by atoms with Crippen LogP contribution in [0.15, 0.2) is 45.3 Å². The van der Waals surface area contributed by atoms with E-state index in [9.17, 15) is 4.79 Å². The number of carbonyl (C=O) groups is 1.